The van der Waals surface area contributed by atoms with Gasteiger partial charge in [-0.25, -0.2) is 9.78 Å². The first-order chi connectivity index (χ1) is 14.1. The molecule has 0 radical (unpaired) electrons. The van der Waals surface area contributed by atoms with Crippen molar-refractivity contribution >= 4 is 6.09 Å². The van der Waals surface area contributed by atoms with Crippen LogP contribution in [-0.4, -0.2) is 35.1 Å². The fraction of sp³-hybridized carbons (Fsp3) is 0.0833. The van der Waals surface area contributed by atoms with Crippen molar-refractivity contribution in [2.45, 2.75) is 0 Å². The number of hydrogen-bond acceptors (Lipinski definition) is 3. The Morgan fingerprint density at radius 2 is 1.45 bits per heavy atom. The van der Waals surface area contributed by atoms with Crippen LogP contribution in [0.15, 0.2) is 84.9 Å². The molecule has 0 unspecified atom stereocenters. The third-order valence-electron chi connectivity index (χ3n) is 4.49. The topological polar surface area (TPSA) is 58.2 Å². The fourth-order valence-electron chi connectivity index (χ4n) is 3.03. The van der Waals surface area contributed by atoms with E-state index in [1.165, 1.54) is 4.90 Å². The summed E-state index contributed by atoms with van der Waals surface area (Å²) in [6.07, 6.45) is -0.420. The van der Waals surface area contributed by atoms with Gasteiger partial charge >= 0.3 is 6.09 Å². The van der Waals surface area contributed by atoms with Gasteiger partial charge in [-0.3, -0.25) is 0 Å². The average molecular weight is 383 g/mol. The smallest absolute Gasteiger partial charge is 0.410 e. The van der Waals surface area contributed by atoms with E-state index in [0.29, 0.717) is 11.6 Å². The van der Waals surface area contributed by atoms with Gasteiger partial charge in [-0.15, -0.1) is 0 Å². The lowest BCUT2D eigenvalue weighted by molar-refractivity contribution is 0.172. The van der Waals surface area contributed by atoms with Gasteiger partial charge in [0.25, 0.3) is 0 Å². The number of ether oxygens (including phenoxy) is 1. The number of rotatable bonds is 4. The number of imidazole rings is 1. The zero-order valence-corrected chi connectivity index (χ0v) is 16.3. The van der Waals surface area contributed by atoms with Crippen molar-refractivity contribution in [1.82, 2.24) is 14.9 Å². The number of aromatic nitrogens is 2. The van der Waals surface area contributed by atoms with Gasteiger partial charge in [0.2, 0.25) is 0 Å². The molecular formula is C24H21N3O2. The van der Waals surface area contributed by atoms with Crippen molar-refractivity contribution in [2.24, 2.45) is 0 Å². The normalized spacial score (nSPS) is 10.6. The molecule has 0 saturated carbocycles. The number of nitrogens with one attached hydrogen (secondary N) is 1. The summed E-state index contributed by atoms with van der Waals surface area (Å²) >= 11 is 0. The summed E-state index contributed by atoms with van der Waals surface area (Å²) in [6, 6.07) is 27.5. The highest BCUT2D eigenvalue weighted by Crippen LogP contribution is 2.33. The van der Waals surface area contributed by atoms with E-state index in [1.54, 1.807) is 20.2 Å². The zero-order chi connectivity index (χ0) is 20.2. The van der Waals surface area contributed by atoms with Gasteiger partial charge in [0, 0.05) is 30.8 Å². The molecule has 3 aromatic carbocycles. The lowest BCUT2D eigenvalue weighted by Gasteiger charge is -2.11. The van der Waals surface area contributed by atoms with E-state index >= 15 is 0 Å². The lowest BCUT2D eigenvalue weighted by Crippen LogP contribution is -2.25. The van der Waals surface area contributed by atoms with Crippen molar-refractivity contribution < 1.29 is 9.53 Å². The van der Waals surface area contributed by atoms with E-state index in [9.17, 15) is 4.79 Å². The van der Waals surface area contributed by atoms with E-state index < -0.39 is 6.09 Å². The zero-order valence-electron chi connectivity index (χ0n) is 16.3. The van der Waals surface area contributed by atoms with Crippen molar-refractivity contribution in [3.05, 3.63) is 84.9 Å². The van der Waals surface area contributed by atoms with Crippen LogP contribution in [0.5, 0.6) is 5.75 Å². The summed E-state index contributed by atoms with van der Waals surface area (Å²) in [5.74, 6) is 1.19. The number of carbonyl (C=O) groups is 1. The Kier molecular flexibility index (Phi) is 5.12. The molecule has 29 heavy (non-hydrogen) atoms. The summed E-state index contributed by atoms with van der Waals surface area (Å²) < 4.78 is 5.39. The summed E-state index contributed by atoms with van der Waals surface area (Å²) in [4.78, 5) is 21.6. The molecule has 4 aromatic rings. The number of H-pyrrole nitrogens is 1. The molecule has 144 valence electrons. The second-order valence-corrected chi connectivity index (χ2v) is 6.83. The van der Waals surface area contributed by atoms with Crippen molar-refractivity contribution in [2.75, 3.05) is 14.1 Å². The monoisotopic (exact) mass is 383 g/mol. The average Bonchev–Trinajstić information content (AvgIpc) is 3.21. The maximum Gasteiger partial charge on any atom is 0.414 e. The standard InChI is InChI=1S/C24H21N3O2/c1-27(2)24(28)29-20-15-9-14-19(16-20)23-25-21(17-10-5-3-6-11-17)22(26-23)18-12-7-4-8-13-18/h3-16H,1-2H3,(H,25,26). The minimum absolute atomic E-state index is 0.420. The maximum absolute atomic E-state index is 11.9. The number of carbonyl (C=O) groups excluding carboxylic acids is 1. The largest absolute Gasteiger partial charge is 0.414 e. The van der Waals surface area contributed by atoms with Gasteiger partial charge in [0.1, 0.15) is 11.6 Å². The highest BCUT2D eigenvalue weighted by molar-refractivity contribution is 5.81. The van der Waals surface area contributed by atoms with Crippen LogP contribution in [0.3, 0.4) is 0 Å². The molecule has 0 fully saturated rings. The highest BCUT2D eigenvalue weighted by Gasteiger charge is 2.16. The SMILES string of the molecule is CN(C)C(=O)Oc1cccc(-c2nc(-c3ccccc3)c(-c3ccccc3)[nH]2)c1. The Labute approximate surface area is 169 Å². The maximum atomic E-state index is 11.9. The van der Waals surface area contributed by atoms with Gasteiger partial charge in [0.15, 0.2) is 0 Å². The molecule has 0 bridgehead atoms. The summed E-state index contributed by atoms with van der Waals surface area (Å²) in [6.45, 7) is 0. The summed E-state index contributed by atoms with van der Waals surface area (Å²) in [5.41, 5.74) is 4.75. The molecule has 5 nitrogen and oxygen atoms in total. The molecule has 1 heterocycles. The molecule has 0 aliphatic rings. The van der Waals surface area contributed by atoms with Gasteiger partial charge in [-0.2, -0.15) is 0 Å². The number of aromatic amines is 1. The van der Waals surface area contributed by atoms with Crippen LogP contribution in [0, 0.1) is 0 Å². The van der Waals surface area contributed by atoms with Crippen LogP contribution >= 0.6 is 0 Å². The number of hydrogen-bond donors (Lipinski definition) is 1. The molecule has 1 amide bonds. The Hall–Kier alpha value is -3.86. The molecule has 0 spiro atoms. The molecule has 4 rings (SSSR count). The van der Waals surface area contributed by atoms with E-state index in [-0.39, 0.29) is 0 Å². The van der Waals surface area contributed by atoms with Crippen LogP contribution in [0.2, 0.25) is 0 Å². The van der Waals surface area contributed by atoms with Gasteiger partial charge in [-0.05, 0) is 12.1 Å². The molecule has 1 aromatic heterocycles. The first-order valence-corrected chi connectivity index (χ1v) is 9.32. The molecule has 0 aliphatic carbocycles. The Morgan fingerprint density at radius 3 is 2.10 bits per heavy atom. The third-order valence-corrected chi connectivity index (χ3v) is 4.49. The van der Waals surface area contributed by atoms with Crippen LogP contribution in [0.1, 0.15) is 0 Å². The second kappa shape index (κ2) is 8.02. The molecule has 5 heteroatoms. The van der Waals surface area contributed by atoms with Crippen LogP contribution < -0.4 is 4.74 Å². The third kappa shape index (κ3) is 4.04. The molecule has 0 atom stereocenters. The van der Waals surface area contributed by atoms with Crippen molar-refractivity contribution in [3.63, 3.8) is 0 Å². The minimum Gasteiger partial charge on any atom is -0.410 e. The quantitative estimate of drug-likeness (QED) is 0.508. The van der Waals surface area contributed by atoms with Gasteiger partial charge in [-0.1, -0.05) is 72.8 Å². The van der Waals surface area contributed by atoms with E-state index in [1.807, 2.05) is 66.7 Å². The molecule has 0 saturated heterocycles. The summed E-state index contributed by atoms with van der Waals surface area (Å²) in [5, 5.41) is 0. The lowest BCUT2D eigenvalue weighted by atomic mass is 10.1. The van der Waals surface area contributed by atoms with E-state index in [4.69, 9.17) is 9.72 Å². The first kappa shape index (κ1) is 18.5. The minimum atomic E-state index is -0.420. The number of benzene rings is 3. The fourth-order valence-corrected chi connectivity index (χ4v) is 3.03. The predicted octanol–water partition coefficient (Wildman–Crippen LogP) is 5.47. The van der Waals surface area contributed by atoms with Gasteiger partial charge in [0.05, 0.1) is 11.4 Å². The summed E-state index contributed by atoms with van der Waals surface area (Å²) in [7, 11) is 3.30. The Balaban J connectivity index is 1.78. The van der Waals surface area contributed by atoms with Crippen LogP contribution in [-0.2, 0) is 0 Å². The van der Waals surface area contributed by atoms with Crippen LogP contribution in [0.4, 0.5) is 4.79 Å². The highest BCUT2D eigenvalue weighted by atomic mass is 16.6. The van der Waals surface area contributed by atoms with E-state index in [0.717, 1.165) is 28.1 Å². The number of nitrogens with zero attached hydrogens (tertiary/aromatic N) is 2. The van der Waals surface area contributed by atoms with Gasteiger partial charge < -0.3 is 14.6 Å². The second-order valence-electron chi connectivity index (χ2n) is 6.83. The Bertz CT molecular complexity index is 1060. The molecular weight excluding hydrogens is 362 g/mol. The Morgan fingerprint density at radius 1 is 0.828 bits per heavy atom. The number of amides is 1. The first-order valence-electron chi connectivity index (χ1n) is 9.32. The van der Waals surface area contributed by atoms with Crippen molar-refractivity contribution in [1.29, 1.82) is 0 Å². The van der Waals surface area contributed by atoms with E-state index in [2.05, 4.69) is 17.1 Å². The molecule has 0 aliphatic heterocycles. The van der Waals surface area contributed by atoms with Crippen LogP contribution in [0.25, 0.3) is 33.9 Å². The van der Waals surface area contributed by atoms with Crippen molar-refractivity contribution in [3.8, 4) is 39.7 Å². The predicted molar refractivity (Wildman–Crippen MR) is 115 cm³/mol. The molecule has 1 N–H and O–H groups in total.